The van der Waals surface area contributed by atoms with Crippen LogP contribution in [0.1, 0.15) is 36.5 Å². The first kappa shape index (κ1) is 17.6. The highest BCUT2D eigenvalue weighted by Crippen LogP contribution is 2.23. The van der Waals surface area contributed by atoms with Crippen molar-refractivity contribution in [3.63, 3.8) is 0 Å². The lowest BCUT2D eigenvalue weighted by Crippen LogP contribution is -2.51. The van der Waals surface area contributed by atoms with Gasteiger partial charge in [0.1, 0.15) is 5.75 Å². The highest BCUT2D eigenvalue weighted by atomic mass is 19.4. The van der Waals surface area contributed by atoms with E-state index in [2.05, 4.69) is 4.74 Å². The number of nitrogens with two attached hydrogens (primary N) is 1. The average molecular weight is 330 g/mol. The molecule has 1 saturated heterocycles. The van der Waals surface area contributed by atoms with Crippen LogP contribution in [-0.2, 0) is 0 Å². The molecule has 1 aliphatic rings. The van der Waals surface area contributed by atoms with Crippen LogP contribution in [0.4, 0.5) is 13.2 Å². The molecule has 1 heterocycles. The molecule has 0 spiro atoms. The molecule has 2 atom stereocenters. The third-order valence-corrected chi connectivity index (χ3v) is 3.92. The van der Waals surface area contributed by atoms with Crippen molar-refractivity contribution in [1.82, 2.24) is 4.90 Å². The second kappa shape index (κ2) is 7.21. The first-order valence-electron chi connectivity index (χ1n) is 7.64. The van der Waals surface area contributed by atoms with Gasteiger partial charge in [-0.25, -0.2) is 0 Å². The first-order valence-corrected chi connectivity index (χ1v) is 7.64. The molecule has 2 N–H and O–H groups in total. The highest BCUT2D eigenvalue weighted by molar-refractivity contribution is 5.94. The summed E-state index contributed by atoms with van der Waals surface area (Å²) >= 11 is 0. The first-order chi connectivity index (χ1) is 10.8. The summed E-state index contributed by atoms with van der Waals surface area (Å²) in [7, 11) is 0. The van der Waals surface area contributed by atoms with Crippen LogP contribution in [0.2, 0.25) is 0 Å². The zero-order chi connectivity index (χ0) is 17.0. The average Bonchev–Trinajstić information content (AvgIpc) is 2.52. The third-order valence-electron chi connectivity index (χ3n) is 3.92. The van der Waals surface area contributed by atoms with Gasteiger partial charge in [0.05, 0.1) is 0 Å². The van der Waals surface area contributed by atoms with Gasteiger partial charge in [-0.2, -0.15) is 13.2 Å². The fourth-order valence-corrected chi connectivity index (χ4v) is 2.78. The van der Waals surface area contributed by atoms with Crippen molar-refractivity contribution in [3.8, 4) is 5.75 Å². The molecule has 1 aromatic carbocycles. The molecule has 1 fully saturated rings. The number of likely N-dealkylation sites (tertiary alicyclic amines) is 1. The summed E-state index contributed by atoms with van der Waals surface area (Å²) in [5, 5.41) is 0. The molecule has 1 amide bonds. The standard InChI is InChI=1S/C16H21F3N2O2/c1-11(20)14-4-2-3-9-21(14)15(22)12-5-7-13(8-6-12)23-10-16(17,18)19/h5-8,11,14H,2-4,9-10,20H2,1H3/t11-,14+/m1/s1. The molecule has 1 aliphatic heterocycles. The number of rotatable bonds is 4. The van der Waals surface area contributed by atoms with Gasteiger partial charge in [-0.3, -0.25) is 4.79 Å². The second-order valence-corrected chi connectivity index (χ2v) is 5.85. The van der Waals surface area contributed by atoms with Gasteiger partial charge in [0.15, 0.2) is 6.61 Å². The normalized spacial score (nSPS) is 20.2. The van der Waals surface area contributed by atoms with Crippen molar-refractivity contribution < 1.29 is 22.7 Å². The molecule has 1 aromatic rings. The van der Waals surface area contributed by atoms with E-state index in [9.17, 15) is 18.0 Å². The van der Waals surface area contributed by atoms with Gasteiger partial charge < -0.3 is 15.4 Å². The van der Waals surface area contributed by atoms with Crippen LogP contribution in [0.15, 0.2) is 24.3 Å². The Morgan fingerprint density at radius 3 is 2.57 bits per heavy atom. The van der Waals surface area contributed by atoms with E-state index < -0.39 is 12.8 Å². The SMILES string of the molecule is C[C@@H](N)[C@@H]1CCCCN1C(=O)c1ccc(OCC(F)(F)F)cc1. The molecule has 0 aliphatic carbocycles. The van der Waals surface area contributed by atoms with Crippen LogP contribution in [0.5, 0.6) is 5.75 Å². The monoisotopic (exact) mass is 330 g/mol. The summed E-state index contributed by atoms with van der Waals surface area (Å²) < 4.78 is 41.0. The van der Waals surface area contributed by atoms with E-state index in [0.29, 0.717) is 12.1 Å². The zero-order valence-electron chi connectivity index (χ0n) is 13.0. The van der Waals surface area contributed by atoms with E-state index in [4.69, 9.17) is 5.73 Å². The van der Waals surface area contributed by atoms with E-state index in [1.165, 1.54) is 24.3 Å². The minimum atomic E-state index is -4.38. The largest absolute Gasteiger partial charge is 0.484 e. The van der Waals surface area contributed by atoms with E-state index in [1.54, 1.807) is 4.90 Å². The summed E-state index contributed by atoms with van der Waals surface area (Å²) in [6.07, 6.45) is -1.54. The van der Waals surface area contributed by atoms with E-state index in [-0.39, 0.29) is 23.7 Å². The lowest BCUT2D eigenvalue weighted by molar-refractivity contribution is -0.153. The number of amides is 1. The van der Waals surface area contributed by atoms with Crippen molar-refractivity contribution in [1.29, 1.82) is 0 Å². The van der Waals surface area contributed by atoms with Gasteiger partial charge in [-0.05, 0) is 50.5 Å². The van der Waals surface area contributed by atoms with Crippen LogP contribution >= 0.6 is 0 Å². The van der Waals surface area contributed by atoms with E-state index >= 15 is 0 Å². The van der Waals surface area contributed by atoms with Gasteiger partial charge in [0.25, 0.3) is 5.91 Å². The Balaban J connectivity index is 2.04. The van der Waals surface area contributed by atoms with Crippen molar-refractivity contribution in [3.05, 3.63) is 29.8 Å². The zero-order valence-corrected chi connectivity index (χ0v) is 13.0. The number of ether oxygens (including phenoxy) is 1. The van der Waals surface area contributed by atoms with Crippen LogP contribution in [0.3, 0.4) is 0 Å². The molecule has 0 unspecified atom stereocenters. The third kappa shape index (κ3) is 4.86. The fourth-order valence-electron chi connectivity index (χ4n) is 2.78. The Morgan fingerprint density at radius 2 is 2.00 bits per heavy atom. The number of alkyl halides is 3. The number of hydrogen-bond acceptors (Lipinski definition) is 3. The Kier molecular flexibility index (Phi) is 5.51. The predicted octanol–water partition coefficient (Wildman–Crippen LogP) is 2.97. The lowest BCUT2D eigenvalue weighted by Gasteiger charge is -2.38. The van der Waals surface area contributed by atoms with Crippen LogP contribution in [0.25, 0.3) is 0 Å². The lowest BCUT2D eigenvalue weighted by atomic mass is 9.96. The van der Waals surface area contributed by atoms with Crippen LogP contribution in [-0.4, -0.2) is 42.2 Å². The highest BCUT2D eigenvalue weighted by Gasteiger charge is 2.30. The summed E-state index contributed by atoms with van der Waals surface area (Å²) in [6.45, 7) is 1.18. The molecule has 0 radical (unpaired) electrons. The molecule has 23 heavy (non-hydrogen) atoms. The Labute approximate surface area is 133 Å². The van der Waals surface area contributed by atoms with Crippen molar-refractivity contribution in [2.45, 2.75) is 44.4 Å². The number of carbonyl (C=O) groups is 1. The quantitative estimate of drug-likeness (QED) is 0.923. The second-order valence-electron chi connectivity index (χ2n) is 5.85. The van der Waals surface area contributed by atoms with Crippen molar-refractivity contribution in [2.24, 2.45) is 5.73 Å². The number of carbonyl (C=O) groups excluding carboxylic acids is 1. The molecule has 0 saturated carbocycles. The number of hydrogen-bond donors (Lipinski definition) is 1. The van der Waals surface area contributed by atoms with Gasteiger partial charge in [0.2, 0.25) is 0 Å². The van der Waals surface area contributed by atoms with Gasteiger partial charge in [0, 0.05) is 24.2 Å². The maximum absolute atomic E-state index is 12.6. The topological polar surface area (TPSA) is 55.6 Å². The van der Waals surface area contributed by atoms with Crippen molar-refractivity contribution >= 4 is 5.91 Å². The summed E-state index contributed by atoms with van der Waals surface area (Å²) in [4.78, 5) is 14.4. The summed E-state index contributed by atoms with van der Waals surface area (Å²) in [6, 6.07) is 5.61. The number of benzene rings is 1. The molecule has 0 bridgehead atoms. The van der Waals surface area contributed by atoms with Gasteiger partial charge in [-0.1, -0.05) is 0 Å². The Hall–Kier alpha value is -1.76. The van der Waals surface area contributed by atoms with Crippen LogP contribution < -0.4 is 10.5 Å². The Morgan fingerprint density at radius 1 is 1.35 bits per heavy atom. The number of nitrogens with zero attached hydrogens (tertiary/aromatic N) is 1. The fraction of sp³-hybridized carbons (Fsp3) is 0.562. The Bertz CT molecular complexity index is 529. The number of piperidine rings is 1. The smallest absolute Gasteiger partial charge is 0.422 e. The van der Waals surface area contributed by atoms with Gasteiger partial charge in [-0.15, -0.1) is 0 Å². The minimum absolute atomic E-state index is 0.00240. The van der Waals surface area contributed by atoms with Gasteiger partial charge >= 0.3 is 6.18 Å². The maximum atomic E-state index is 12.6. The van der Waals surface area contributed by atoms with Crippen molar-refractivity contribution in [2.75, 3.05) is 13.2 Å². The molecule has 0 aromatic heterocycles. The molecular weight excluding hydrogens is 309 g/mol. The minimum Gasteiger partial charge on any atom is -0.484 e. The van der Waals surface area contributed by atoms with E-state index in [1.807, 2.05) is 6.92 Å². The molecule has 2 rings (SSSR count). The predicted molar refractivity (Wildman–Crippen MR) is 80.3 cm³/mol. The number of halogens is 3. The summed E-state index contributed by atoms with van der Waals surface area (Å²) in [5.74, 6) is -0.0596. The molecule has 4 nitrogen and oxygen atoms in total. The maximum Gasteiger partial charge on any atom is 0.422 e. The molecule has 7 heteroatoms. The summed E-state index contributed by atoms with van der Waals surface area (Å²) in [5.41, 5.74) is 6.39. The van der Waals surface area contributed by atoms with E-state index in [0.717, 1.165) is 19.3 Å². The molecular formula is C16H21F3N2O2. The van der Waals surface area contributed by atoms with Crippen LogP contribution in [0, 0.1) is 0 Å². The molecule has 128 valence electrons.